The van der Waals surface area contributed by atoms with Gasteiger partial charge in [-0.05, 0) is 31.7 Å². The van der Waals surface area contributed by atoms with Gasteiger partial charge in [-0.1, -0.05) is 29.8 Å². The molecular formula is C13H17NO2. The molecule has 1 aromatic carbocycles. The number of carbonyl (C=O) groups is 1. The standard InChI is InChI=1S/C13H17NO2/c1-10-4-2-5-11(8-10)9-14-13(12(15)16)6-3-7-13/h2,4-5,8,14H,3,6-7,9H2,1H3,(H,15,16). The third-order valence-electron chi connectivity index (χ3n) is 3.33. The van der Waals surface area contributed by atoms with E-state index in [1.54, 1.807) is 0 Å². The number of rotatable bonds is 4. The van der Waals surface area contributed by atoms with Gasteiger partial charge in [0.15, 0.2) is 0 Å². The summed E-state index contributed by atoms with van der Waals surface area (Å²) >= 11 is 0. The lowest BCUT2D eigenvalue weighted by Crippen LogP contribution is -2.56. The van der Waals surface area contributed by atoms with Gasteiger partial charge in [-0.15, -0.1) is 0 Å². The molecule has 0 unspecified atom stereocenters. The highest BCUT2D eigenvalue weighted by Crippen LogP contribution is 2.32. The van der Waals surface area contributed by atoms with Gasteiger partial charge in [0, 0.05) is 6.54 Å². The van der Waals surface area contributed by atoms with Gasteiger partial charge in [0.05, 0.1) is 0 Å². The summed E-state index contributed by atoms with van der Waals surface area (Å²) in [6.07, 6.45) is 2.50. The number of hydrogen-bond acceptors (Lipinski definition) is 2. The van der Waals surface area contributed by atoms with Crippen LogP contribution in [-0.2, 0) is 11.3 Å². The Balaban J connectivity index is 1.99. The second-order valence-electron chi connectivity index (χ2n) is 4.58. The minimum atomic E-state index is -0.716. The molecule has 16 heavy (non-hydrogen) atoms. The van der Waals surface area contributed by atoms with Crippen LogP contribution in [0.15, 0.2) is 24.3 Å². The zero-order valence-corrected chi connectivity index (χ0v) is 9.49. The molecule has 3 heteroatoms. The van der Waals surface area contributed by atoms with Gasteiger partial charge in [0.2, 0.25) is 0 Å². The first-order valence-corrected chi connectivity index (χ1v) is 5.66. The zero-order valence-electron chi connectivity index (χ0n) is 9.49. The number of benzene rings is 1. The molecule has 0 aromatic heterocycles. The number of aliphatic carboxylic acids is 1. The fraction of sp³-hybridized carbons (Fsp3) is 0.462. The van der Waals surface area contributed by atoms with E-state index in [0.29, 0.717) is 6.54 Å². The molecule has 1 aliphatic rings. The maximum Gasteiger partial charge on any atom is 0.323 e. The Morgan fingerprint density at radius 3 is 2.75 bits per heavy atom. The maximum absolute atomic E-state index is 11.1. The molecule has 0 heterocycles. The van der Waals surface area contributed by atoms with Crippen LogP contribution < -0.4 is 5.32 Å². The summed E-state index contributed by atoms with van der Waals surface area (Å²) in [4.78, 5) is 11.1. The predicted octanol–water partition coefficient (Wildman–Crippen LogP) is 2.09. The van der Waals surface area contributed by atoms with E-state index in [-0.39, 0.29) is 0 Å². The van der Waals surface area contributed by atoms with E-state index in [1.165, 1.54) is 5.56 Å². The van der Waals surface area contributed by atoms with Crippen molar-refractivity contribution in [1.82, 2.24) is 5.32 Å². The normalized spacial score (nSPS) is 17.8. The van der Waals surface area contributed by atoms with Crippen LogP contribution in [0, 0.1) is 6.92 Å². The van der Waals surface area contributed by atoms with Crippen molar-refractivity contribution < 1.29 is 9.90 Å². The SMILES string of the molecule is Cc1cccc(CNC2(C(=O)O)CCC2)c1. The van der Waals surface area contributed by atoms with Gasteiger partial charge in [-0.3, -0.25) is 10.1 Å². The number of nitrogens with one attached hydrogen (secondary N) is 1. The summed E-state index contributed by atoms with van der Waals surface area (Å²) in [6.45, 7) is 2.67. The van der Waals surface area contributed by atoms with Gasteiger partial charge in [0.1, 0.15) is 5.54 Å². The Hall–Kier alpha value is -1.35. The topological polar surface area (TPSA) is 49.3 Å². The Bertz CT molecular complexity index is 397. The second-order valence-corrected chi connectivity index (χ2v) is 4.58. The lowest BCUT2D eigenvalue weighted by molar-refractivity contribution is -0.148. The van der Waals surface area contributed by atoms with Crippen LogP contribution in [0.1, 0.15) is 30.4 Å². The predicted molar refractivity (Wildman–Crippen MR) is 62.2 cm³/mol. The van der Waals surface area contributed by atoms with E-state index in [9.17, 15) is 4.79 Å². The van der Waals surface area contributed by atoms with Crippen molar-refractivity contribution in [3.05, 3.63) is 35.4 Å². The van der Waals surface area contributed by atoms with Crippen molar-refractivity contribution >= 4 is 5.97 Å². The number of hydrogen-bond donors (Lipinski definition) is 2. The molecule has 2 N–H and O–H groups in total. The molecule has 0 saturated heterocycles. The molecular weight excluding hydrogens is 202 g/mol. The molecule has 3 nitrogen and oxygen atoms in total. The van der Waals surface area contributed by atoms with E-state index >= 15 is 0 Å². The molecule has 0 radical (unpaired) electrons. The van der Waals surface area contributed by atoms with Crippen LogP contribution in [0.4, 0.5) is 0 Å². The molecule has 86 valence electrons. The van der Waals surface area contributed by atoms with E-state index < -0.39 is 11.5 Å². The Morgan fingerprint density at radius 2 is 2.25 bits per heavy atom. The number of carboxylic acids is 1. The minimum Gasteiger partial charge on any atom is -0.480 e. The molecule has 0 bridgehead atoms. The summed E-state index contributed by atoms with van der Waals surface area (Å²) < 4.78 is 0. The third kappa shape index (κ3) is 2.09. The van der Waals surface area contributed by atoms with E-state index in [2.05, 4.69) is 11.4 Å². The van der Waals surface area contributed by atoms with Crippen molar-refractivity contribution in [3.63, 3.8) is 0 Å². The molecule has 1 saturated carbocycles. The lowest BCUT2D eigenvalue weighted by Gasteiger charge is -2.38. The lowest BCUT2D eigenvalue weighted by atomic mass is 9.76. The molecule has 1 fully saturated rings. The van der Waals surface area contributed by atoms with Crippen molar-refractivity contribution in [2.24, 2.45) is 0 Å². The van der Waals surface area contributed by atoms with E-state index in [0.717, 1.165) is 24.8 Å². The Kier molecular flexibility index (Phi) is 2.97. The molecule has 0 atom stereocenters. The van der Waals surface area contributed by atoms with Crippen LogP contribution in [0.5, 0.6) is 0 Å². The van der Waals surface area contributed by atoms with Gasteiger partial charge in [0.25, 0.3) is 0 Å². The average molecular weight is 219 g/mol. The van der Waals surface area contributed by atoms with Gasteiger partial charge >= 0.3 is 5.97 Å². The monoisotopic (exact) mass is 219 g/mol. The van der Waals surface area contributed by atoms with Crippen LogP contribution in [0.25, 0.3) is 0 Å². The van der Waals surface area contributed by atoms with Crippen LogP contribution in [0.3, 0.4) is 0 Å². The molecule has 0 aliphatic heterocycles. The summed E-state index contributed by atoms with van der Waals surface area (Å²) in [5.41, 5.74) is 1.69. The highest BCUT2D eigenvalue weighted by atomic mass is 16.4. The molecule has 1 aliphatic carbocycles. The smallest absolute Gasteiger partial charge is 0.323 e. The Morgan fingerprint density at radius 1 is 1.50 bits per heavy atom. The van der Waals surface area contributed by atoms with Crippen LogP contribution in [-0.4, -0.2) is 16.6 Å². The summed E-state index contributed by atoms with van der Waals surface area (Å²) in [5, 5.41) is 12.3. The third-order valence-corrected chi connectivity index (χ3v) is 3.33. The van der Waals surface area contributed by atoms with Crippen molar-refractivity contribution in [3.8, 4) is 0 Å². The quantitative estimate of drug-likeness (QED) is 0.815. The highest BCUT2D eigenvalue weighted by Gasteiger charge is 2.43. The minimum absolute atomic E-state index is 0.633. The number of aryl methyl sites for hydroxylation is 1. The summed E-state index contributed by atoms with van der Waals surface area (Å²) in [5.74, 6) is -0.716. The fourth-order valence-corrected chi connectivity index (χ4v) is 2.09. The maximum atomic E-state index is 11.1. The van der Waals surface area contributed by atoms with Crippen molar-refractivity contribution in [2.75, 3.05) is 0 Å². The van der Waals surface area contributed by atoms with Crippen molar-refractivity contribution in [1.29, 1.82) is 0 Å². The summed E-state index contributed by atoms with van der Waals surface area (Å²) in [6, 6.07) is 8.15. The Labute approximate surface area is 95.5 Å². The summed E-state index contributed by atoms with van der Waals surface area (Å²) in [7, 11) is 0. The first-order chi connectivity index (χ1) is 7.62. The van der Waals surface area contributed by atoms with Gasteiger partial charge in [-0.25, -0.2) is 0 Å². The van der Waals surface area contributed by atoms with Gasteiger partial charge < -0.3 is 5.11 Å². The molecule has 1 aromatic rings. The molecule has 0 spiro atoms. The largest absolute Gasteiger partial charge is 0.480 e. The molecule has 0 amide bonds. The first kappa shape index (κ1) is 11.1. The second kappa shape index (κ2) is 4.26. The highest BCUT2D eigenvalue weighted by molar-refractivity contribution is 5.79. The van der Waals surface area contributed by atoms with Crippen LogP contribution in [0.2, 0.25) is 0 Å². The zero-order chi connectivity index (χ0) is 11.6. The number of carboxylic acid groups (broad SMARTS) is 1. The van der Waals surface area contributed by atoms with E-state index in [1.807, 2.05) is 25.1 Å². The van der Waals surface area contributed by atoms with Gasteiger partial charge in [-0.2, -0.15) is 0 Å². The van der Waals surface area contributed by atoms with Crippen molar-refractivity contribution in [2.45, 2.75) is 38.3 Å². The fourth-order valence-electron chi connectivity index (χ4n) is 2.09. The molecule has 2 rings (SSSR count). The average Bonchev–Trinajstić information content (AvgIpc) is 2.15. The van der Waals surface area contributed by atoms with Crippen LogP contribution >= 0.6 is 0 Å². The van der Waals surface area contributed by atoms with E-state index in [4.69, 9.17) is 5.11 Å². The first-order valence-electron chi connectivity index (χ1n) is 5.66.